The molecule has 0 aliphatic rings. The minimum Gasteiger partial charge on any atom is -0.383 e. The predicted molar refractivity (Wildman–Crippen MR) is 67.5 cm³/mol. The summed E-state index contributed by atoms with van der Waals surface area (Å²) in [7, 11) is 1.55. The minimum absolute atomic E-state index is 0.242. The highest BCUT2D eigenvalue weighted by Crippen LogP contribution is 1.93. The Morgan fingerprint density at radius 2 is 2.22 bits per heavy atom. The van der Waals surface area contributed by atoms with Crippen LogP contribution in [0.1, 0.15) is 24.3 Å². The molecule has 6 nitrogen and oxygen atoms in total. The van der Waals surface area contributed by atoms with Crippen molar-refractivity contribution in [2.75, 3.05) is 20.3 Å². The number of nitrogens with one attached hydrogen (secondary N) is 1. The van der Waals surface area contributed by atoms with E-state index in [2.05, 4.69) is 10.4 Å². The van der Waals surface area contributed by atoms with Gasteiger partial charge in [-0.1, -0.05) is 13.8 Å². The van der Waals surface area contributed by atoms with E-state index in [0.717, 1.165) is 0 Å². The van der Waals surface area contributed by atoms with Gasteiger partial charge >= 0.3 is 0 Å². The molecule has 0 atom stereocenters. The van der Waals surface area contributed by atoms with Crippen molar-refractivity contribution >= 4 is 5.91 Å². The summed E-state index contributed by atoms with van der Waals surface area (Å²) in [6, 6.07) is 2.77. The second-order valence-corrected chi connectivity index (χ2v) is 4.38. The average molecular weight is 253 g/mol. The van der Waals surface area contributed by atoms with Gasteiger partial charge in [-0.2, -0.15) is 5.10 Å². The number of methoxy groups -OCH3 is 1. The van der Waals surface area contributed by atoms with Gasteiger partial charge in [-0.15, -0.1) is 0 Å². The lowest BCUT2D eigenvalue weighted by Crippen LogP contribution is -2.32. The van der Waals surface area contributed by atoms with Gasteiger partial charge in [0.15, 0.2) is 0 Å². The van der Waals surface area contributed by atoms with Crippen LogP contribution in [-0.2, 0) is 11.3 Å². The Bertz CT molecular complexity index is 454. The summed E-state index contributed by atoms with van der Waals surface area (Å²) < 4.78 is 6.11. The quantitative estimate of drug-likeness (QED) is 0.790. The fourth-order valence-electron chi connectivity index (χ4n) is 1.30. The second-order valence-electron chi connectivity index (χ2n) is 4.38. The lowest BCUT2D eigenvalue weighted by atomic mass is 10.2. The monoisotopic (exact) mass is 253 g/mol. The fourth-order valence-corrected chi connectivity index (χ4v) is 1.30. The van der Waals surface area contributed by atoms with E-state index >= 15 is 0 Å². The molecule has 1 aromatic rings. The number of amides is 1. The normalized spacial score (nSPS) is 10.7. The molecule has 0 saturated carbocycles. The van der Waals surface area contributed by atoms with Crippen LogP contribution in [0.25, 0.3) is 0 Å². The summed E-state index contributed by atoms with van der Waals surface area (Å²) in [6.45, 7) is 5.31. The third-order valence-corrected chi connectivity index (χ3v) is 2.28. The molecule has 1 aromatic heterocycles. The third-order valence-electron chi connectivity index (χ3n) is 2.28. The van der Waals surface area contributed by atoms with Gasteiger partial charge in [-0.05, 0) is 12.0 Å². The molecule has 1 N–H and O–H groups in total. The van der Waals surface area contributed by atoms with Crippen LogP contribution in [-0.4, -0.2) is 35.9 Å². The van der Waals surface area contributed by atoms with Gasteiger partial charge in [0.25, 0.3) is 11.5 Å². The maximum atomic E-state index is 11.8. The SMILES string of the molecule is COCCn1nc(C(=O)NCC(C)C)ccc1=O. The average Bonchev–Trinajstić information content (AvgIpc) is 2.35. The molecule has 18 heavy (non-hydrogen) atoms. The molecule has 0 spiro atoms. The van der Waals surface area contributed by atoms with Crippen LogP contribution in [0.2, 0.25) is 0 Å². The largest absolute Gasteiger partial charge is 0.383 e. The first-order chi connectivity index (χ1) is 8.54. The van der Waals surface area contributed by atoms with Crippen molar-refractivity contribution in [2.45, 2.75) is 20.4 Å². The Kier molecular flexibility index (Phi) is 5.51. The Labute approximate surface area is 106 Å². The molecular weight excluding hydrogens is 234 g/mol. The fraction of sp³-hybridized carbons (Fsp3) is 0.583. The van der Waals surface area contributed by atoms with Gasteiger partial charge in [-0.25, -0.2) is 4.68 Å². The van der Waals surface area contributed by atoms with Crippen LogP contribution in [0.15, 0.2) is 16.9 Å². The molecule has 1 heterocycles. The zero-order valence-electron chi connectivity index (χ0n) is 11.0. The standard InChI is InChI=1S/C12H19N3O3/c1-9(2)8-13-12(17)10-4-5-11(16)15(14-10)6-7-18-3/h4-5,9H,6-8H2,1-3H3,(H,13,17). The van der Waals surface area contributed by atoms with Crippen molar-refractivity contribution in [3.05, 3.63) is 28.2 Å². The highest BCUT2D eigenvalue weighted by atomic mass is 16.5. The Morgan fingerprint density at radius 1 is 1.50 bits per heavy atom. The Morgan fingerprint density at radius 3 is 2.83 bits per heavy atom. The van der Waals surface area contributed by atoms with Crippen molar-refractivity contribution in [3.8, 4) is 0 Å². The summed E-state index contributed by atoms with van der Waals surface area (Å²) in [5, 5.41) is 6.75. The molecule has 0 radical (unpaired) electrons. The highest BCUT2D eigenvalue weighted by Gasteiger charge is 2.09. The highest BCUT2D eigenvalue weighted by molar-refractivity contribution is 5.91. The number of ether oxygens (including phenoxy) is 1. The molecule has 1 amide bonds. The van der Waals surface area contributed by atoms with Crippen LogP contribution in [0, 0.1) is 5.92 Å². The lowest BCUT2D eigenvalue weighted by Gasteiger charge is -2.08. The molecule has 0 aliphatic heterocycles. The molecule has 0 aromatic carbocycles. The first-order valence-electron chi connectivity index (χ1n) is 5.90. The third kappa shape index (κ3) is 4.29. The van der Waals surface area contributed by atoms with E-state index in [1.165, 1.54) is 16.8 Å². The van der Waals surface area contributed by atoms with E-state index in [0.29, 0.717) is 25.6 Å². The summed E-state index contributed by atoms with van der Waals surface area (Å²) in [5.41, 5.74) is -0.00110. The van der Waals surface area contributed by atoms with E-state index in [1.54, 1.807) is 7.11 Å². The Balaban J connectivity index is 2.77. The van der Waals surface area contributed by atoms with Crippen molar-refractivity contribution in [2.24, 2.45) is 5.92 Å². The van der Waals surface area contributed by atoms with Crippen molar-refractivity contribution in [3.63, 3.8) is 0 Å². The first-order valence-corrected chi connectivity index (χ1v) is 5.90. The lowest BCUT2D eigenvalue weighted by molar-refractivity contribution is 0.0940. The van der Waals surface area contributed by atoms with E-state index in [-0.39, 0.29) is 17.2 Å². The van der Waals surface area contributed by atoms with Crippen LogP contribution in [0.5, 0.6) is 0 Å². The van der Waals surface area contributed by atoms with Gasteiger partial charge in [-0.3, -0.25) is 9.59 Å². The van der Waals surface area contributed by atoms with Crippen molar-refractivity contribution in [1.29, 1.82) is 0 Å². The van der Waals surface area contributed by atoms with Gasteiger partial charge in [0.1, 0.15) is 5.69 Å². The smallest absolute Gasteiger partial charge is 0.271 e. The van der Waals surface area contributed by atoms with Gasteiger partial charge < -0.3 is 10.1 Å². The molecule has 1 rings (SSSR count). The molecule has 0 unspecified atom stereocenters. The number of hydrogen-bond donors (Lipinski definition) is 1. The number of rotatable bonds is 6. The number of hydrogen-bond acceptors (Lipinski definition) is 4. The molecule has 0 bridgehead atoms. The topological polar surface area (TPSA) is 73.2 Å². The molecule has 0 aliphatic carbocycles. The van der Waals surface area contributed by atoms with Crippen LogP contribution < -0.4 is 10.9 Å². The van der Waals surface area contributed by atoms with E-state index in [9.17, 15) is 9.59 Å². The molecule has 0 saturated heterocycles. The second kappa shape index (κ2) is 6.90. The molecule has 100 valence electrons. The Hall–Kier alpha value is -1.69. The zero-order valence-corrected chi connectivity index (χ0v) is 11.0. The van der Waals surface area contributed by atoms with Gasteiger partial charge in [0.2, 0.25) is 0 Å². The molecular formula is C12H19N3O3. The van der Waals surface area contributed by atoms with Crippen LogP contribution >= 0.6 is 0 Å². The summed E-state index contributed by atoms with van der Waals surface area (Å²) in [4.78, 5) is 23.2. The van der Waals surface area contributed by atoms with Gasteiger partial charge in [0.05, 0.1) is 13.2 Å². The van der Waals surface area contributed by atoms with Crippen LogP contribution in [0.4, 0.5) is 0 Å². The number of carbonyl (C=O) groups excluding carboxylic acids is 1. The number of carbonyl (C=O) groups is 1. The van der Waals surface area contributed by atoms with Gasteiger partial charge in [0, 0.05) is 19.7 Å². The van der Waals surface area contributed by atoms with E-state index in [1.807, 2.05) is 13.8 Å². The van der Waals surface area contributed by atoms with E-state index in [4.69, 9.17) is 4.74 Å². The summed E-state index contributed by atoms with van der Waals surface area (Å²) in [6.07, 6.45) is 0. The minimum atomic E-state index is -0.269. The van der Waals surface area contributed by atoms with E-state index < -0.39 is 0 Å². The number of aromatic nitrogens is 2. The van der Waals surface area contributed by atoms with Crippen LogP contribution in [0.3, 0.4) is 0 Å². The molecule has 6 heteroatoms. The maximum Gasteiger partial charge on any atom is 0.271 e. The summed E-state index contributed by atoms with van der Waals surface area (Å²) in [5.74, 6) is 0.100. The first kappa shape index (κ1) is 14.4. The van der Waals surface area contributed by atoms with Crippen molar-refractivity contribution < 1.29 is 9.53 Å². The predicted octanol–water partition coefficient (Wildman–Crippen LogP) is 0.275. The van der Waals surface area contributed by atoms with Crippen molar-refractivity contribution in [1.82, 2.24) is 15.1 Å². The number of nitrogens with zero attached hydrogens (tertiary/aromatic N) is 2. The zero-order chi connectivity index (χ0) is 13.5. The summed E-state index contributed by atoms with van der Waals surface area (Å²) >= 11 is 0. The maximum absolute atomic E-state index is 11.8. The molecule has 0 fully saturated rings.